The lowest BCUT2D eigenvalue weighted by Crippen LogP contribution is -2.42. The maximum atomic E-state index is 13.3. The third-order valence-corrected chi connectivity index (χ3v) is 6.35. The fourth-order valence-electron chi connectivity index (χ4n) is 3.74. The van der Waals surface area contributed by atoms with Gasteiger partial charge in [0.25, 0.3) is 0 Å². The van der Waals surface area contributed by atoms with Gasteiger partial charge in [-0.3, -0.25) is 9.36 Å². The maximum Gasteiger partial charge on any atom is 0.343 e. The van der Waals surface area contributed by atoms with Crippen LogP contribution in [0.1, 0.15) is 57.4 Å². The average Bonchev–Trinajstić information content (AvgIpc) is 3.10. The van der Waals surface area contributed by atoms with E-state index in [0.29, 0.717) is 18.2 Å². The van der Waals surface area contributed by atoms with Crippen LogP contribution in [-0.4, -0.2) is 37.4 Å². The first-order valence-corrected chi connectivity index (χ1v) is 11.4. The van der Waals surface area contributed by atoms with Crippen molar-refractivity contribution in [1.82, 2.24) is 19.7 Å². The fourth-order valence-corrected chi connectivity index (χ4v) is 4.59. The number of aromatic nitrogens is 3. The van der Waals surface area contributed by atoms with Crippen LogP contribution in [0.4, 0.5) is 4.39 Å². The molecule has 29 heavy (non-hydrogen) atoms. The van der Waals surface area contributed by atoms with Crippen molar-refractivity contribution in [1.29, 1.82) is 0 Å². The van der Waals surface area contributed by atoms with Gasteiger partial charge in [0, 0.05) is 19.1 Å². The van der Waals surface area contributed by atoms with Gasteiger partial charge in [0.1, 0.15) is 5.82 Å². The zero-order chi connectivity index (χ0) is 20.6. The summed E-state index contributed by atoms with van der Waals surface area (Å²) < 4.78 is 14.9. The van der Waals surface area contributed by atoms with Gasteiger partial charge in [-0.2, -0.15) is 0 Å². The fraction of sp³-hybridized carbons (Fsp3) is 0.571. The highest BCUT2D eigenvalue weighted by molar-refractivity contribution is 7.99. The highest BCUT2D eigenvalue weighted by Gasteiger charge is 2.26. The average molecular weight is 421 g/mol. The third kappa shape index (κ3) is 5.95. The number of amides is 1. The second-order valence-electron chi connectivity index (χ2n) is 7.55. The molecule has 0 radical (unpaired) electrons. The molecular formula is C21H29FN4O2S. The topological polar surface area (TPSA) is 71.0 Å². The van der Waals surface area contributed by atoms with Gasteiger partial charge < -0.3 is 4.90 Å². The molecule has 0 saturated heterocycles. The van der Waals surface area contributed by atoms with E-state index in [-0.39, 0.29) is 29.2 Å². The number of unbranched alkanes of at least 4 members (excludes halogenated alkanes) is 1. The summed E-state index contributed by atoms with van der Waals surface area (Å²) in [5.41, 5.74) is 0.693. The molecule has 1 amide bonds. The van der Waals surface area contributed by atoms with Crippen molar-refractivity contribution in [2.24, 2.45) is 0 Å². The van der Waals surface area contributed by atoms with E-state index in [1.165, 1.54) is 30.3 Å². The number of halogens is 1. The summed E-state index contributed by atoms with van der Waals surface area (Å²) in [4.78, 5) is 27.0. The van der Waals surface area contributed by atoms with Crippen molar-refractivity contribution in [3.8, 4) is 0 Å². The summed E-state index contributed by atoms with van der Waals surface area (Å²) in [6.07, 6.45) is 7.33. The summed E-state index contributed by atoms with van der Waals surface area (Å²) in [7, 11) is 0. The highest BCUT2D eigenvalue weighted by Crippen LogP contribution is 2.26. The largest absolute Gasteiger partial charge is 0.343 e. The van der Waals surface area contributed by atoms with Crippen molar-refractivity contribution in [3.05, 3.63) is 46.1 Å². The van der Waals surface area contributed by atoms with Crippen LogP contribution >= 0.6 is 11.8 Å². The van der Waals surface area contributed by atoms with Gasteiger partial charge in [-0.1, -0.05) is 56.5 Å². The number of hydrogen-bond acceptors (Lipinski definition) is 4. The molecule has 0 bridgehead atoms. The Morgan fingerprint density at radius 3 is 2.69 bits per heavy atom. The number of nitrogens with zero attached hydrogens (tertiary/aromatic N) is 3. The Hall–Kier alpha value is -2.09. The van der Waals surface area contributed by atoms with E-state index in [2.05, 4.69) is 17.1 Å². The predicted octanol–water partition coefficient (Wildman–Crippen LogP) is 3.96. The third-order valence-electron chi connectivity index (χ3n) is 5.39. The molecule has 2 aromatic rings. The molecule has 0 atom stereocenters. The quantitative estimate of drug-likeness (QED) is 0.623. The van der Waals surface area contributed by atoms with Crippen LogP contribution in [0.25, 0.3) is 0 Å². The number of aromatic amines is 1. The minimum atomic E-state index is -0.275. The van der Waals surface area contributed by atoms with Gasteiger partial charge in [-0.25, -0.2) is 14.3 Å². The van der Waals surface area contributed by atoms with Gasteiger partial charge >= 0.3 is 5.69 Å². The van der Waals surface area contributed by atoms with Gasteiger partial charge in [-0.05, 0) is 37.0 Å². The molecule has 0 unspecified atom stereocenters. The second kappa shape index (κ2) is 10.6. The predicted molar refractivity (Wildman–Crippen MR) is 112 cm³/mol. The van der Waals surface area contributed by atoms with Crippen molar-refractivity contribution in [2.75, 3.05) is 5.75 Å². The van der Waals surface area contributed by atoms with Crippen LogP contribution < -0.4 is 5.69 Å². The van der Waals surface area contributed by atoms with E-state index in [4.69, 9.17) is 0 Å². The minimum Gasteiger partial charge on any atom is -0.335 e. The monoisotopic (exact) mass is 420 g/mol. The number of thioether (sulfide) groups is 1. The lowest BCUT2D eigenvalue weighted by Gasteiger charge is -2.34. The molecular weight excluding hydrogens is 391 g/mol. The highest BCUT2D eigenvalue weighted by atomic mass is 32.2. The zero-order valence-corrected chi connectivity index (χ0v) is 17.7. The van der Waals surface area contributed by atoms with Gasteiger partial charge in [0.05, 0.1) is 5.75 Å². The van der Waals surface area contributed by atoms with E-state index >= 15 is 0 Å². The molecule has 158 valence electrons. The second-order valence-corrected chi connectivity index (χ2v) is 8.49. The molecule has 1 aliphatic carbocycles. The van der Waals surface area contributed by atoms with Gasteiger partial charge in [0.15, 0.2) is 5.16 Å². The summed E-state index contributed by atoms with van der Waals surface area (Å²) >= 11 is 1.30. The smallest absolute Gasteiger partial charge is 0.335 e. The van der Waals surface area contributed by atoms with Gasteiger partial charge in [0.2, 0.25) is 5.91 Å². The van der Waals surface area contributed by atoms with E-state index < -0.39 is 0 Å². The molecule has 1 aliphatic rings. The van der Waals surface area contributed by atoms with E-state index in [1.807, 2.05) is 4.90 Å². The molecule has 1 fully saturated rings. The maximum absolute atomic E-state index is 13.3. The van der Waals surface area contributed by atoms with Crippen LogP contribution in [0.2, 0.25) is 0 Å². The SMILES string of the molecule is CCCCn1c(SCC(=O)N(Cc2ccc(F)cc2)C2CCCCC2)n[nH]c1=O. The lowest BCUT2D eigenvalue weighted by atomic mass is 9.94. The van der Waals surface area contributed by atoms with Crippen molar-refractivity contribution >= 4 is 17.7 Å². The van der Waals surface area contributed by atoms with Crippen molar-refractivity contribution in [2.45, 2.75) is 76.2 Å². The lowest BCUT2D eigenvalue weighted by molar-refractivity contribution is -0.132. The summed E-state index contributed by atoms with van der Waals surface area (Å²) in [5.74, 6) is -0.0131. The van der Waals surface area contributed by atoms with Crippen LogP contribution in [0.5, 0.6) is 0 Å². The van der Waals surface area contributed by atoms with Crippen LogP contribution in [0.3, 0.4) is 0 Å². The zero-order valence-electron chi connectivity index (χ0n) is 16.9. The standard InChI is InChI=1S/C21H29FN4O2S/c1-2-3-13-25-20(28)23-24-21(25)29-15-19(27)26(18-7-5-4-6-8-18)14-16-9-11-17(22)12-10-16/h9-12,18H,2-8,13-15H2,1H3,(H,23,28). The summed E-state index contributed by atoms with van der Waals surface area (Å²) in [6, 6.07) is 6.56. The molecule has 6 nitrogen and oxygen atoms in total. The molecule has 3 rings (SSSR count). The molecule has 8 heteroatoms. The Balaban J connectivity index is 1.69. The Kier molecular flexibility index (Phi) is 7.91. The first kappa shape index (κ1) is 21.6. The van der Waals surface area contributed by atoms with Crippen LogP contribution in [0, 0.1) is 5.82 Å². The van der Waals surface area contributed by atoms with Crippen molar-refractivity contribution in [3.63, 3.8) is 0 Å². The molecule has 1 heterocycles. The number of hydrogen-bond donors (Lipinski definition) is 1. The molecule has 1 N–H and O–H groups in total. The minimum absolute atomic E-state index is 0.0312. The number of carbonyl (C=O) groups excluding carboxylic acids is 1. The normalized spacial score (nSPS) is 14.8. The number of carbonyl (C=O) groups is 1. The molecule has 1 saturated carbocycles. The number of benzene rings is 1. The number of rotatable bonds is 9. The van der Waals surface area contributed by atoms with Crippen LogP contribution in [-0.2, 0) is 17.9 Å². The summed E-state index contributed by atoms with van der Waals surface area (Å²) in [6.45, 7) is 3.15. The number of nitrogens with one attached hydrogen (secondary N) is 1. The van der Waals surface area contributed by atoms with Gasteiger partial charge in [-0.15, -0.1) is 5.10 Å². The Morgan fingerprint density at radius 1 is 1.28 bits per heavy atom. The summed E-state index contributed by atoms with van der Waals surface area (Å²) in [5, 5.41) is 7.12. The Bertz CT molecular complexity index is 843. The molecule has 1 aromatic carbocycles. The molecule has 0 spiro atoms. The Labute approximate surface area is 174 Å². The van der Waals surface area contributed by atoms with E-state index in [1.54, 1.807) is 16.7 Å². The molecule has 0 aliphatic heterocycles. The first-order valence-electron chi connectivity index (χ1n) is 10.4. The van der Waals surface area contributed by atoms with Crippen LogP contribution in [0.15, 0.2) is 34.2 Å². The Morgan fingerprint density at radius 2 is 2.00 bits per heavy atom. The molecule has 1 aromatic heterocycles. The number of H-pyrrole nitrogens is 1. The van der Waals surface area contributed by atoms with E-state index in [0.717, 1.165) is 44.1 Å². The first-order chi connectivity index (χ1) is 14.1. The van der Waals surface area contributed by atoms with Crippen molar-refractivity contribution < 1.29 is 9.18 Å². The van der Waals surface area contributed by atoms with E-state index in [9.17, 15) is 14.0 Å².